The van der Waals surface area contributed by atoms with Crippen molar-refractivity contribution in [1.82, 2.24) is 0 Å². The quantitative estimate of drug-likeness (QED) is 0.333. The van der Waals surface area contributed by atoms with Crippen LogP contribution in [0, 0.1) is 0 Å². The van der Waals surface area contributed by atoms with Crippen molar-refractivity contribution in [2.45, 2.75) is 0 Å². The largest absolute Gasteiger partial charge is 0.456 e. The average molecular weight is 298 g/mol. The van der Waals surface area contributed by atoms with E-state index in [-0.39, 0.29) is 0 Å². The molecule has 3 heteroatoms. The number of furan rings is 3. The van der Waals surface area contributed by atoms with Crippen molar-refractivity contribution >= 4 is 55.0 Å². The van der Waals surface area contributed by atoms with E-state index in [9.17, 15) is 0 Å². The van der Waals surface area contributed by atoms with Crippen molar-refractivity contribution in [3.63, 3.8) is 0 Å². The van der Waals surface area contributed by atoms with E-state index < -0.39 is 0 Å². The maximum Gasteiger partial charge on any atom is 0.299 e. The highest BCUT2D eigenvalue weighted by Gasteiger charge is 2.17. The minimum absolute atomic E-state index is 0.568. The Hall–Kier alpha value is -3.20. The summed E-state index contributed by atoms with van der Waals surface area (Å²) in [4.78, 5) is 0. The molecule has 3 nitrogen and oxygen atoms in total. The normalized spacial score (nSPS) is 12.3. The summed E-state index contributed by atoms with van der Waals surface area (Å²) in [6.07, 6.45) is 0. The zero-order valence-corrected chi connectivity index (χ0v) is 12.0. The fourth-order valence-corrected chi connectivity index (χ4v) is 3.48. The molecule has 3 aromatic heterocycles. The number of para-hydroxylation sites is 2. The van der Waals surface area contributed by atoms with Crippen LogP contribution in [-0.4, -0.2) is 0 Å². The molecule has 0 radical (unpaired) electrons. The van der Waals surface area contributed by atoms with E-state index in [1.807, 2.05) is 42.5 Å². The van der Waals surface area contributed by atoms with E-state index >= 15 is 0 Å². The zero-order chi connectivity index (χ0) is 15.0. The first-order chi connectivity index (χ1) is 11.4. The van der Waals surface area contributed by atoms with Gasteiger partial charge in [-0.25, -0.2) is 0 Å². The van der Waals surface area contributed by atoms with E-state index in [0.29, 0.717) is 5.78 Å². The SMILES string of the molecule is c1ccc2c(c1)oc1cc3c(cc12)oc1oc2ccccc2c13. The molecule has 108 valence electrons. The molecule has 3 heterocycles. The molecule has 0 bridgehead atoms. The summed E-state index contributed by atoms with van der Waals surface area (Å²) < 4.78 is 17.8. The van der Waals surface area contributed by atoms with Gasteiger partial charge in [0.05, 0.1) is 5.39 Å². The van der Waals surface area contributed by atoms with Gasteiger partial charge in [-0.2, -0.15) is 0 Å². The Morgan fingerprint density at radius 3 is 1.96 bits per heavy atom. The van der Waals surface area contributed by atoms with Gasteiger partial charge in [0.1, 0.15) is 22.3 Å². The van der Waals surface area contributed by atoms with Crippen LogP contribution in [0.15, 0.2) is 73.9 Å². The predicted molar refractivity (Wildman–Crippen MR) is 90.8 cm³/mol. The van der Waals surface area contributed by atoms with Crippen molar-refractivity contribution in [2.24, 2.45) is 0 Å². The van der Waals surface area contributed by atoms with Crippen LogP contribution >= 0.6 is 0 Å². The maximum atomic E-state index is 6.00. The second-order valence-corrected chi connectivity index (χ2v) is 5.81. The molecule has 0 aliphatic heterocycles. The van der Waals surface area contributed by atoms with Crippen LogP contribution in [0.5, 0.6) is 0 Å². The third-order valence-electron chi connectivity index (χ3n) is 4.51. The van der Waals surface area contributed by atoms with Gasteiger partial charge in [0, 0.05) is 21.5 Å². The Bertz CT molecular complexity index is 1360. The lowest BCUT2D eigenvalue weighted by Gasteiger charge is -1.92. The summed E-state index contributed by atoms with van der Waals surface area (Å²) in [5.41, 5.74) is 3.42. The first kappa shape index (κ1) is 11.4. The summed E-state index contributed by atoms with van der Waals surface area (Å²) in [5.74, 6) is 0.568. The van der Waals surface area contributed by atoms with Crippen molar-refractivity contribution in [1.29, 1.82) is 0 Å². The molecule has 0 amide bonds. The summed E-state index contributed by atoms with van der Waals surface area (Å²) in [6, 6.07) is 20.1. The molecule has 23 heavy (non-hydrogen) atoms. The molecule has 0 spiro atoms. The summed E-state index contributed by atoms with van der Waals surface area (Å²) in [7, 11) is 0. The van der Waals surface area contributed by atoms with E-state index in [2.05, 4.69) is 18.2 Å². The lowest BCUT2D eigenvalue weighted by Crippen LogP contribution is -1.69. The van der Waals surface area contributed by atoms with Crippen LogP contribution in [0.4, 0.5) is 0 Å². The van der Waals surface area contributed by atoms with E-state index in [4.69, 9.17) is 13.3 Å². The van der Waals surface area contributed by atoms with Crippen molar-refractivity contribution in [3.8, 4) is 0 Å². The Morgan fingerprint density at radius 1 is 0.478 bits per heavy atom. The number of fused-ring (bicyclic) bond motifs is 8. The Morgan fingerprint density at radius 2 is 1.09 bits per heavy atom. The molecule has 3 aromatic carbocycles. The molecule has 0 fully saturated rings. The fourth-order valence-electron chi connectivity index (χ4n) is 3.48. The number of hydrogen-bond donors (Lipinski definition) is 0. The molecule has 0 atom stereocenters. The number of hydrogen-bond acceptors (Lipinski definition) is 3. The summed E-state index contributed by atoms with van der Waals surface area (Å²) in [6.45, 7) is 0. The highest BCUT2D eigenvalue weighted by Crippen LogP contribution is 2.40. The van der Waals surface area contributed by atoms with Gasteiger partial charge in [-0.15, -0.1) is 0 Å². The zero-order valence-electron chi connectivity index (χ0n) is 12.0. The van der Waals surface area contributed by atoms with Gasteiger partial charge in [0.15, 0.2) is 0 Å². The van der Waals surface area contributed by atoms with Gasteiger partial charge in [-0.3, -0.25) is 0 Å². The van der Waals surface area contributed by atoms with E-state index in [1.165, 1.54) is 0 Å². The molecular formula is C20H10O3. The second kappa shape index (κ2) is 3.76. The Balaban J connectivity index is 1.86. The molecule has 6 aromatic rings. The van der Waals surface area contributed by atoms with Gasteiger partial charge >= 0.3 is 0 Å². The van der Waals surface area contributed by atoms with Gasteiger partial charge in [0.2, 0.25) is 0 Å². The minimum Gasteiger partial charge on any atom is -0.456 e. The number of benzene rings is 3. The molecular weight excluding hydrogens is 288 g/mol. The topological polar surface area (TPSA) is 39.4 Å². The molecule has 0 unspecified atom stereocenters. The van der Waals surface area contributed by atoms with Gasteiger partial charge in [-0.05, 0) is 24.3 Å². The van der Waals surface area contributed by atoms with Crippen LogP contribution in [0.1, 0.15) is 0 Å². The van der Waals surface area contributed by atoms with Crippen molar-refractivity contribution < 1.29 is 13.3 Å². The Labute approximate surface area is 129 Å². The molecule has 0 aliphatic rings. The van der Waals surface area contributed by atoms with Crippen LogP contribution < -0.4 is 0 Å². The molecule has 0 aliphatic carbocycles. The van der Waals surface area contributed by atoms with Crippen molar-refractivity contribution in [3.05, 3.63) is 60.7 Å². The van der Waals surface area contributed by atoms with Crippen LogP contribution in [0.3, 0.4) is 0 Å². The van der Waals surface area contributed by atoms with Crippen LogP contribution in [0.2, 0.25) is 0 Å². The maximum absolute atomic E-state index is 6.00. The lowest BCUT2D eigenvalue weighted by atomic mass is 10.1. The molecule has 6 rings (SSSR count). The Kier molecular flexibility index (Phi) is 1.86. The average Bonchev–Trinajstić information content (AvgIpc) is 3.21. The third-order valence-corrected chi connectivity index (χ3v) is 4.51. The predicted octanol–water partition coefficient (Wildman–Crippen LogP) is 6.23. The smallest absolute Gasteiger partial charge is 0.299 e. The van der Waals surface area contributed by atoms with Gasteiger partial charge in [-0.1, -0.05) is 36.4 Å². The van der Waals surface area contributed by atoms with Gasteiger partial charge in [0.25, 0.3) is 5.78 Å². The molecule has 0 saturated carbocycles. The molecule has 0 N–H and O–H groups in total. The number of rotatable bonds is 0. The second-order valence-electron chi connectivity index (χ2n) is 5.81. The highest BCUT2D eigenvalue weighted by molar-refractivity contribution is 6.20. The minimum atomic E-state index is 0.568. The van der Waals surface area contributed by atoms with Crippen molar-refractivity contribution in [2.75, 3.05) is 0 Å². The first-order valence-electron chi connectivity index (χ1n) is 7.53. The third kappa shape index (κ3) is 1.35. The van der Waals surface area contributed by atoms with Crippen LogP contribution in [0.25, 0.3) is 55.0 Å². The standard InChI is InChI=1S/C20H10O3/c1-3-7-15-11(5-1)13-9-18-14(10-17(13)21-15)19-12-6-2-4-8-16(12)22-20(19)23-18/h1-10H. The monoisotopic (exact) mass is 298 g/mol. The summed E-state index contributed by atoms with van der Waals surface area (Å²) in [5, 5.41) is 5.27. The van der Waals surface area contributed by atoms with E-state index in [0.717, 1.165) is 49.3 Å². The highest BCUT2D eigenvalue weighted by atomic mass is 16.5. The lowest BCUT2D eigenvalue weighted by molar-refractivity contribution is 0.524. The van der Waals surface area contributed by atoms with E-state index in [1.54, 1.807) is 0 Å². The van der Waals surface area contributed by atoms with Gasteiger partial charge < -0.3 is 13.3 Å². The summed E-state index contributed by atoms with van der Waals surface area (Å²) >= 11 is 0. The fraction of sp³-hybridized carbons (Fsp3) is 0. The first-order valence-corrected chi connectivity index (χ1v) is 7.53. The molecule has 0 saturated heterocycles. The van der Waals surface area contributed by atoms with Crippen LogP contribution in [-0.2, 0) is 0 Å².